The minimum absolute atomic E-state index is 0.170. The Morgan fingerprint density at radius 3 is 2.50 bits per heavy atom. The van der Waals surface area contributed by atoms with Gasteiger partial charge >= 0.3 is 0 Å². The van der Waals surface area contributed by atoms with E-state index in [0.717, 1.165) is 29.8 Å². The number of hydrogen-bond donors (Lipinski definition) is 2. The van der Waals surface area contributed by atoms with Crippen molar-refractivity contribution in [3.63, 3.8) is 0 Å². The zero-order chi connectivity index (χ0) is 19.3. The molecule has 0 radical (unpaired) electrons. The molecule has 28 heavy (non-hydrogen) atoms. The predicted octanol–water partition coefficient (Wildman–Crippen LogP) is 4.18. The molecule has 1 aliphatic carbocycles. The lowest BCUT2D eigenvalue weighted by Gasteiger charge is -2.11. The molecule has 2 aromatic carbocycles. The number of carbonyl (C=O) groups excluding carboxylic acids is 1. The molecule has 1 fully saturated rings. The van der Waals surface area contributed by atoms with E-state index >= 15 is 0 Å². The first-order valence-corrected chi connectivity index (χ1v) is 9.46. The zero-order valence-electron chi connectivity index (χ0n) is 15.7. The van der Waals surface area contributed by atoms with Crippen LogP contribution in [0.3, 0.4) is 0 Å². The number of nitrogens with zero attached hydrogens (tertiary/aromatic N) is 2. The standard InChI is InChI=1S/C22H22N4O2/c1-2-28-18-12-10-16(11-13-18)23-20-14-19(22(27)24-17-8-9-17)25-21(26-20)15-6-4-3-5-7-15/h3-7,10-14,17H,2,8-9H2,1H3,(H,24,27)(H,23,25,26). The lowest BCUT2D eigenvalue weighted by molar-refractivity contribution is 0.0946. The van der Waals surface area contributed by atoms with Crippen molar-refractivity contribution in [3.8, 4) is 17.1 Å². The van der Waals surface area contributed by atoms with E-state index in [-0.39, 0.29) is 11.9 Å². The monoisotopic (exact) mass is 374 g/mol. The van der Waals surface area contributed by atoms with Crippen molar-refractivity contribution in [1.82, 2.24) is 15.3 Å². The van der Waals surface area contributed by atoms with Crippen molar-refractivity contribution in [2.45, 2.75) is 25.8 Å². The van der Waals surface area contributed by atoms with Crippen molar-refractivity contribution in [1.29, 1.82) is 0 Å². The molecular weight excluding hydrogens is 352 g/mol. The molecule has 0 saturated heterocycles. The quantitative estimate of drug-likeness (QED) is 0.649. The van der Waals surface area contributed by atoms with E-state index in [2.05, 4.69) is 20.6 Å². The van der Waals surface area contributed by atoms with E-state index in [9.17, 15) is 4.79 Å². The molecule has 0 spiro atoms. The van der Waals surface area contributed by atoms with E-state index in [1.165, 1.54) is 0 Å². The average Bonchev–Trinajstić information content (AvgIpc) is 3.54. The van der Waals surface area contributed by atoms with Crippen molar-refractivity contribution >= 4 is 17.4 Å². The van der Waals surface area contributed by atoms with Gasteiger partial charge in [0.05, 0.1) is 6.61 Å². The Balaban J connectivity index is 1.63. The lowest BCUT2D eigenvalue weighted by atomic mass is 10.2. The zero-order valence-corrected chi connectivity index (χ0v) is 15.7. The molecule has 0 unspecified atom stereocenters. The molecule has 1 aliphatic rings. The lowest BCUT2D eigenvalue weighted by Crippen LogP contribution is -2.26. The first-order valence-electron chi connectivity index (χ1n) is 9.46. The molecule has 142 valence electrons. The van der Waals surface area contributed by atoms with Gasteiger partial charge in [0.25, 0.3) is 5.91 Å². The minimum Gasteiger partial charge on any atom is -0.494 e. The molecule has 0 bridgehead atoms. The molecule has 1 aromatic heterocycles. The number of ether oxygens (including phenoxy) is 1. The fourth-order valence-electron chi connectivity index (χ4n) is 2.78. The SMILES string of the molecule is CCOc1ccc(Nc2cc(C(=O)NC3CC3)nc(-c3ccccc3)n2)cc1. The van der Waals surface area contributed by atoms with Gasteiger partial charge in [-0.3, -0.25) is 4.79 Å². The first-order chi connectivity index (χ1) is 13.7. The summed E-state index contributed by atoms with van der Waals surface area (Å²) in [4.78, 5) is 21.6. The fourth-order valence-corrected chi connectivity index (χ4v) is 2.78. The van der Waals surface area contributed by atoms with Crippen molar-refractivity contribution in [2.24, 2.45) is 0 Å². The van der Waals surface area contributed by atoms with Crippen LogP contribution in [-0.4, -0.2) is 28.5 Å². The third kappa shape index (κ3) is 4.46. The molecule has 1 saturated carbocycles. The number of anilines is 2. The van der Waals surface area contributed by atoms with Gasteiger partial charge in [0.2, 0.25) is 0 Å². The number of benzene rings is 2. The summed E-state index contributed by atoms with van der Waals surface area (Å²) in [5, 5.41) is 6.25. The van der Waals surface area contributed by atoms with Crippen LogP contribution in [0.5, 0.6) is 5.75 Å². The van der Waals surface area contributed by atoms with E-state index in [1.807, 2.05) is 61.5 Å². The van der Waals surface area contributed by atoms with Gasteiger partial charge in [-0.05, 0) is 44.0 Å². The number of carbonyl (C=O) groups is 1. The van der Waals surface area contributed by atoms with E-state index in [1.54, 1.807) is 6.07 Å². The van der Waals surface area contributed by atoms with Gasteiger partial charge in [0.1, 0.15) is 17.3 Å². The number of aromatic nitrogens is 2. The van der Waals surface area contributed by atoms with Crippen LogP contribution < -0.4 is 15.4 Å². The number of hydrogen-bond acceptors (Lipinski definition) is 5. The summed E-state index contributed by atoms with van der Waals surface area (Å²) in [5.74, 6) is 1.72. The first kappa shape index (κ1) is 18.0. The maximum atomic E-state index is 12.6. The van der Waals surface area contributed by atoms with Crippen LogP contribution in [0.15, 0.2) is 60.7 Å². The minimum atomic E-state index is -0.170. The van der Waals surface area contributed by atoms with Crippen molar-refractivity contribution < 1.29 is 9.53 Å². The Hall–Kier alpha value is -3.41. The highest BCUT2D eigenvalue weighted by Crippen LogP contribution is 2.24. The number of amides is 1. The summed E-state index contributed by atoms with van der Waals surface area (Å²) in [6, 6.07) is 19.2. The molecule has 3 aromatic rings. The maximum absolute atomic E-state index is 12.6. The Kier molecular flexibility index (Phi) is 5.19. The van der Waals surface area contributed by atoms with Gasteiger partial charge in [-0.2, -0.15) is 0 Å². The molecule has 6 heteroatoms. The van der Waals surface area contributed by atoms with Crippen LogP contribution in [0.1, 0.15) is 30.3 Å². The third-order valence-electron chi connectivity index (χ3n) is 4.34. The smallest absolute Gasteiger partial charge is 0.270 e. The van der Waals surface area contributed by atoms with E-state index < -0.39 is 0 Å². The van der Waals surface area contributed by atoms with Crippen LogP contribution >= 0.6 is 0 Å². The van der Waals surface area contributed by atoms with Crippen molar-refractivity contribution in [2.75, 3.05) is 11.9 Å². The van der Waals surface area contributed by atoms with Crippen molar-refractivity contribution in [3.05, 3.63) is 66.4 Å². The molecule has 2 N–H and O–H groups in total. The summed E-state index contributed by atoms with van der Waals surface area (Å²) in [6.45, 7) is 2.57. The second-order valence-electron chi connectivity index (χ2n) is 6.66. The molecule has 0 atom stereocenters. The second kappa shape index (κ2) is 8.08. The molecule has 0 aliphatic heterocycles. The van der Waals surface area contributed by atoms with E-state index in [0.29, 0.717) is 23.9 Å². The Morgan fingerprint density at radius 2 is 1.82 bits per heavy atom. The molecule has 4 rings (SSSR count). The maximum Gasteiger partial charge on any atom is 0.270 e. The topological polar surface area (TPSA) is 76.1 Å². The van der Waals surface area contributed by atoms with Gasteiger partial charge in [0.15, 0.2) is 5.82 Å². The molecule has 1 heterocycles. The highest BCUT2D eigenvalue weighted by Gasteiger charge is 2.25. The third-order valence-corrected chi connectivity index (χ3v) is 4.34. The van der Waals surface area contributed by atoms with Gasteiger partial charge in [-0.25, -0.2) is 9.97 Å². The summed E-state index contributed by atoms with van der Waals surface area (Å²) in [7, 11) is 0. The van der Waals surface area contributed by atoms with Crippen LogP contribution in [-0.2, 0) is 0 Å². The Morgan fingerprint density at radius 1 is 1.07 bits per heavy atom. The van der Waals surface area contributed by atoms with Crippen LogP contribution in [0, 0.1) is 0 Å². The molecule has 1 amide bonds. The number of nitrogens with one attached hydrogen (secondary N) is 2. The summed E-state index contributed by atoms with van der Waals surface area (Å²) in [5.41, 5.74) is 2.07. The number of rotatable bonds is 7. The van der Waals surface area contributed by atoms with Crippen LogP contribution in [0.25, 0.3) is 11.4 Å². The Bertz CT molecular complexity index is 954. The van der Waals surface area contributed by atoms with Gasteiger partial charge in [-0.15, -0.1) is 0 Å². The summed E-state index contributed by atoms with van der Waals surface area (Å²) in [6.07, 6.45) is 2.05. The van der Waals surface area contributed by atoms with Gasteiger partial charge in [-0.1, -0.05) is 30.3 Å². The summed E-state index contributed by atoms with van der Waals surface area (Å²) >= 11 is 0. The summed E-state index contributed by atoms with van der Waals surface area (Å²) < 4.78 is 5.48. The van der Waals surface area contributed by atoms with Gasteiger partial charge in [0, 0.05) is 23.4 Å². The predicted molar refractivity (Wildman–Crippen MR) is 109 cm³/mol. The molecular formula is C22H22N4O2. The second-order valence-corrected chi connectivity index (χ2v) is 6.66. The highest BCUT2D eigenvalue weighted by molar-refractivity contribution is 5.94. The largest absolute Gasteiger partial charge is 0.494 e. The Labute approximate surface area is 164 Å². The fraction of sp³-hybridized carbons (Fsp3) is 0.227. The average molecular weight is 374 g/mol. The van der Waals surface area contributed by atoms with Crippen LogP contribution in [0.4, 0.5) is 11.5 Å². The van der Waals surface area contributed by atoms with E-state index in [4.69, 9.17) is 4.74 Å². The molecule has 6 nitrogen and oxygen atoms in total. The normalized spacial score (nSPS) is 13.0. The highest BCUT2D eigenvalue weighted by atomic mass is 16.5. The van der Waals surface area contributed by atoms with Crippen LogP contribution in [0.2, 0.25) is 0 Å². The van der Waals surface area contributed by atoms with Gasteiger partial charge < -0.3 is 15.4 Å².